The predicted molar refractivity (Wildman–Crippen MR) is 79.0 cm³/mol. The SMILES string of the molecule is CC(C)CC(C(=O)O)n1cc(CCN(C)C)cc(F)c1=O. The first-order valence-corrected chi connectivity index (χ1v) is 7.00. The van der Waals surface area contributed by atoms with Crippen LogP contribution in [0.15, 0.2) is 17.1 Å². The van der Waals surface area contributed by atoms with E-state index in [4.69, 9.17) is 0 Å². The van der Waals surface area contributed by atoms with Crippen molar-refractivity contribution < 1.29 is 14.3 Å². The molecule has 0 fully saturated rings. The molecular weight excluding hydrogens is 275 g/mol. The van der Waals surface area contributed by atoms with Crippen LogP contribution in [0.5, 0.6) is 0 Å². The van der Waals surface area contributed by atoms with Crippen LogP contribution in [0.1, 0.15) is 31.9 Å². The summed E-state index contributed by atoms with van der Waals surface area (Å²) in [4.78, 5) is 25.2. The van der Waals surface area contributed by atoms with E-state index in [0.29, 0.717) is 18.5 Å². The van der Waals surface area contributed by atoms with Crippen LogP contribution < -0.4 is 5.56 Å². The van der Waals surface area contributed by atoms with Crippen LogP contribution in [-0.4, -0.2) is 41.2 Å². The molecule has 0 spiro atoms. The summed E-state index contributed by atoms with van der Waals surface area (Å²) in [6, 6.07) is 0.155. The number of hydrogen-bond donors (Lipinski definition) is 1. The Morgan fingerprint density at radius 3 is 2.52 bits per heavy atom. The number of carbonyl (C=O) groups is 1. The lowest BCUT2D eigenvalue weighted by Gasteiger charge is -2.19. The molecule has 1 rings (SSSR count). The fourth-order valence-electron chi connectivity index (χ4n) is 2.12. The predicted octanol–water partition coefficient (Wildman–Crippen LogP) is 1.76. The van der Waals surface area contributed by atoms with Gasteiger partial charge in [-0.15, -0.1) is 0 Å². The number of likely N-dealkylation sites (N-methyl/N-ethyl adjacent to an activating group) is 1. The molecule has 1 heterocycles. The molecule has 21 heavy (non-hydrogen) atoms. The van der Waals surface area contributed by atoms with Crippen LogP contribution in [0.4, 0.5) is 4.39 Å². The Hall–Kier alpha value is -1.69. The highest BCUT2D eigenvalue weighted by atomic mass is 19.1. The number of nitrogens with zero attached hydrogens (tertiary/aromatic N) is 2. The summed E-state index contributed by atoms with van der Waals surface area (Å²) in [6.07, 6.45) is 2.31. The Bertz CT molecular complexity index is 552. The van der Waals surface area contributed by atoms with Crippen molar-refractivity contribution in [2.75, 3.05) is 20.6 Å². The molecule has 0 aliphatic heterocycles. The van der Waals surface area contributed by atoms with E-state index in [1.54, 1.807) is 0 Å². The summed E-state index contributed by atoms with van der Waals surface area (Å²) < 4.78 is 14.8. The highest BCUT2D eigenvalue weighted by Gasteiger charge is 2.23. The summed E-state index contributed by atoms with van der Waals surface area (Å²) in [5.41, 5.74) is -0.257. The average molecular weight is 298 g/mol. The minimum Gasteiger partial charge on any atom is -0.480 e. The van der Waals surface area contributed by atoms with E-state index in [9.17, 15) is 19.1 Å². The van der Waals surface area contributed by atoms with E-state index in [1.165, 1.54) is 12.3 Å². The van der Waals surface area contributed by atoms with Gasteiger partial charge in [-0.3, -0.25) is 9.36 Å². The summed E-state index contributed by atoms with van der Waals surface area (Å²) in [6.45, 7) is 4.43. The van der Waals surface area contributed by atoms with Crippen molar-refractivity contribution in [1.29, 1.82) is 0 Å². The number of aromatic nitrogens is 1. The first kappa shape index (κ1) is 17.4. The van der Waals surface area contributed by atoms with Gasteiger partial charge in [0.15, 0.2) is 5.82 Å². The average Bonchev–Trinajstić information content (AvgIpc) is 2.37. The summed E-state index contributed by atoms with van der Waals surface area (Å²) in [7, 11) is 3.79. The zero-order chi connectivity index (χ0) is 16.2. The van der Waals surface area contributed by atoms with E-state index >= 15 is 0 Å². The van der Waals surface area contributed by atoms with Gasteiger partial charge in [0.05, 0.1) is 0 Å². The lowest BCUT2D eigenvalue weighted by Crippen LogP contribution is -2.32. The van der Waals surface area contributed by atoms with Crippen molar-refractivity contribution in [3.8, 4) is 0 Å². The maximum atomic E-state index is 13.8. The Kier molecular flexibility index (Phi) is 6.08. The molecule has 0 aliphatic carbocycles. The van der Waals surface area contributed by atoms with E-state index in [2.05, 4.69) is 0 Å². The van der Waals surface area contributed by atoms with Gasteiger partial charge in [-0.2, -0.15) is 0 Å². The highest BCUT2D eigenvalue weighted by molar-refractivity contribution is 5.71. The van der Waals surface area contributed by atoms with Gasteiger partial charge in [-0.1, -0.05) is 13.8 Å². The normalized spacial score (nSPS) is 12.9. The maximum Gasteiger partial charge on any atom is 0.326 e. The number of aliphatic carboxylic acids is 1. The second-order valence-corrected chi connectivity index (χ2v) is 5.95. The molecule has 1 aromatic rings. The van der Waals surface area contributed by atoms with Gasteiger partial charge in [0.1, 0.15) is 6.04 Å². The van der Waals surface area contributed by atoms with Crippen LogP contribution >= 0.6 is 0 Å². The summed E-state index contributed by atoms with van der Waals surface area (Å²) in [5.74, 6) is -1.93. The van der Waals surface area contributed by atoms with Gasteiger partial charge >= 0.3 is 5.97 Å². The number of rotatable bonds is 7. The molecule has 0 aromatic carbocycles. The number of hydrogen-bond acceptors (Lipinski definition) is 3. The molecule has 0 saturated heterocycles. The lowest BCUT2D eigenvalue weighted by molar-refractivity contribution is -0.141. The summed E-state index contributed by atoms with van der Waals surface area (Å²) >= 11 is 0. The van der Waals surface area contributed by atoms with Gasteiger partial charge in [0.2, 0.25) is 0 Å². The van der Waals surface area contributed by atoms with Gasteiger partial charge in [0.25, 0.3) is 5.56 Å². The van der Waals surface area contributed by atoms with Crippen LogP contribution in [0.3, 0.4) is 0 Å². The zero-order valence-electron chi connectivity index (χ0n) is 13.0. The number of carboxylic acids is 1. The smallest absolute Gasteiger partial charge is 0.326 e. The first-order valence-electron chi connectivity index (χ1n) is 7.00. The van der Waals surface area contributed by atoms with Crippen LogP contribution in [0, 0.1) is 11.7 Å². The quantitative estimate of drug-likeness (QED) is 0.833. The van der Waals surface area contributed by atoms with Gasteiger partial charge < -0.3 is 10.0 Å². The van der Waals surface area contributed by atoms with E-state index < -0.39 is 23.4 Å². The Labute approximate surface area is 124 Å². The minimum atomic E-state index is -1.12. The molecule has 1 unspecified atom stereocenters. The van der Waals surface area contributed by atoms with E-state index in [1.807, 2.05) is 32.8 Å². The molecule has 1 N–H and O–H groups in total. The third-order valence-corrected chi connectivity index (χ3v) is 3.22. The molecule has 0 aliphatic rings. The minimum absolute atomic E-state index is 0.0893. The third-order valence-electron chi connectivity index (χ3n) is 3.22. The molecule has 0 radical (unpaired) electrons. The summed E-state index contributed by atoms with van der Waals surface area (Å²) in [5, 5.41) is 9.31. The largest absolute Gasteiger partial charge is 0.480 e. The van der Waals surface area contributed by atoms with Crippen molar-refractivity contribution in [1.82, 2.24) is 9.47 Å². The fraction of sp³-hybridized carbons (Fsp3) is 0.600. The second kappa shape index (κ2) is 7.36. The number of halogens is 1. The molecule has 6 heteroatoms. The first-order chi connectivity index (χ1) is 9.72. The van der Waals surface area contributed by atoms with Gasteiger partial charge in [-0.05, 0) is 44.5 Å². The second-order valence-electron chi connectivity index (χ2n) is 5.95. The van der Waals surface area contributed by atoms with Crippen molar-refractivity contribution in [3.63, 3.8) is 0 Å². The lowest BCUT2D eigenvalue weighted by atomic mass is 10.0. The molecule has 0 amide bonds. The molecule has 118 valence electrons. The van der Waals surface area contributed by atoms with Crippen LogP contribution in [-0.2, 0) is 11.2 Å². The maximum absolute atomic E-state index is 13.8. The molecular formula is C15H23FN2O3. The fourth-order valence-corrected chi connectivity index (χ4v) is 2.12. The Morgan fingerprint density at radius 2 is 2.05 bits per heavy atom. The number of pyridine rings is 1. The molecule has 1 atom stereocenters. The van der Waals surface area contributed by atoms with Crippen molar-refractivity contribution in [2.24, 2.45) is 5.92 Å². The number of carboxylic acid groups (broad SMARTS) is 1. The van der Waals surface area contributed by atoms with Crippen LogP contribution in [0.25, 0.3) is 0 Å². The van der Waals surface area contributed by atoms with Crippen molar-refractivity contribution in [3.05, 3.63) is 34.0 Å². The molecule has 0 saturated carbocycles. The molecule has 1 aromatic heterocycles. The third kappa shape index (κ3) is 4.97. The van der Waals surface area contributed by atoms with E-state index in [-0.39, 0.29) is 12.3 Å². The van der Waals surface area contributed by atoms with Gasteiger partial charge in [-0.25, -0.2) is 9.18 Å². The topological polar surface area (TPSA) is 62.5 Å². The van der Waals surface area contributed by atoms with Gasteiger partial charge in [0, 0.05) is 12.7 Å². The highest BCUT2D eigenvalue weighted by Crippen LogP contribution is 2.17. The van der Waals surface area contributed by atoms with Crippen LogP contribution in [0.2, 0.25) is 0 Å². The monoisotopic (exact) mass is 298 g/mol. The molecule has 0 bridgehead atoms. The van der Waals surface area contributed by atoms with Crippen molar-refractivity contribution in [2.45, 2.75) is 32.7 Å². The van der Waals surface area contributed by atoms with E-state index in [0.717, 1.165) is 4.57 Å². The van der Waals surface area contributed by atoms with Crippen molar-refractivity contribution >= 4 is 5.97 Å². The Balaban J connectivity index is 3.19. The standard InChI is InChI=1S/C15H23FN2O3/c1-10(2)7-13(15(20)21)18-9-11(5-6-17(3)4)8-12(16)14(18)19/h8-10,13H,5-7H2,1-4H3,(H,20,21). The molecule has 5 nitrogen and oxygen atoms in total. The Morgan fingerprint density at radius 1 is 1.43 bits per heavy atom. The zero-order valence-corrected chi connectivity index (χ0v) is 13.0.